The second kappa shape index (κ2) is 7.50. The van der Waals surface area contributed by atoms with Crippen LogP contribution in [0.5, 0.6) is 0 Å². The van der Waals surface area contributed by atoms with Crippen LogP contribution in [-0.2, 0) is 16.1 Å². The maximum absolute atomic E-state index is 12.9. The molecular formula is C21H27N5O3. The smallest absolute Gasteiger partial charge is 0.410 e. The second-order valence-corrected chi connectivity index (χ2v) is 8.57. The number of piperidine rings is 1. The maximum Gasteiger partial charge on any atom is 0.410 e. The van der Waals surface area contributed by atoms with Crippen molar-refractivity contribution in [3.05, 3.63) is 29.9 Å². The highest BCUT2D eigenvalue weighted by Crippen LogP contribution is 2.23. The van der Waals surface area contributed by atoms with Crippen molar-refractivity contribution < 1.29 is 14.3 Å². The van der Waals surface area contributed by atoms with Gasteiger partial charge in [-0.1, -0.05) is 12.1 Å². The molecule has 2 aromatic rings. The number of hydrogen-bond acceptors (Lipinski definition) is 5. The van der Waals surface area contributed by atoms with Gasteiger partial charge in [0.15, 0.2) is 0 Å². The highest BCUT2D eigenvalue weighted by Gasteiger charge is 2.31. The van der Waals surface area contributed by atoms with Gasteiger partial charge in [0, 0.05) is 31.6 Å². The monoisotopic (exact) mass is 397 g/mol. The van der Waals surface area contributed by atoms with Gasteiger partial charge in [-0.05, 0) is 45.7 Å². The first-order chi connectivity index (χ1) is 13.8. The molecule has 2 aliphatic heterocycles. The van der Waals surface area contributed by atoms with E-state index >= 15 is 0 Å². The molecule has 2 aliphatic rings. The fourth-order valence-electron chi connectivity index (χ4n) is 3.82. The minimum atomic E-state index is -0.558. The number of anilines is 1. The molecule has 1 unspecified atom stereocenters. The number of amides is 2. The van der Waals surface area contributed by atoms with Gasteiger partial charge in [0.2, 0.25) is 5.62 Å². The standard InChI is InChI=1S/C21H27N5O3/c1-21(2,3)29-20(28)25-11-6-7-14(13-25)18(27)24-19-23-16-9-5-4-8-15(16)17-22-10-12-26(17)19/h4-5,8-9,14,22H,6-7,10-13H2,1-3H3. The van der Waals surface area contributed by atoms with Gasteiger partial charge in [0.05, 0.1) is 11.4 Å². The molecule has 1 aromatic carbocycles. The molecule has 1 aromatic heterocycles. The Balaban J connectivity index is 1.59. The van der Waals surface area contributed by atoms with Crippen molar-refractivity contribution in [1.29, 1.82) is 0 Å². The zero-order valence-corrected chi connectivity index (χ0v) is 17.1. The number of benzene rings is 1. The van der Waals surface area contributed by atoms with Crippen molar-refractivity contribution >= 4 is 28.7 Å². The molecule has 1 fully saturated rings. The minimum Gasteiger partial charge on any atom is -0.444 e. The number of hydrogen-bond donors (Lipinski definition) is 1. The second-order valence-electron chi connectivity index (χ2n) is 8.57. The quantitative estimate of drug-likeness (QED) is 0.799. The van der Waals surface area contributed by atoms with E-state index in [1.165, 1.54) is 0 Å². The molecule has 0 radical (unpaired) electrons. The van der Waals surface area contributed by atoms with E-state index < -0.39 is 5.60 Å². The molecule has 8 nitrogen and oxygen atoms in total. The van der Waals surface area contributed by atoms with Crippen molar-refractivity contribution in [1.82, 2.24) is 14.5 Å². The predicted octanol–water partition coefficient (Wildman–Crippen LogP) is 2.54. The Morgan fingerprint density at radius 2 is 2.03 bits per heavy atom. The molecule has 1 atom stereocenters. The number of rotatable bonds is 1. The number of carbonyl (C=O) groups excluding carboxylic acids is 2. The number of ether oxygens (including phenoxy) is 1. The van der Waals surface area contributed by atoms with E-state index in [1.807, 2.05) is 49.6 Å². The average Bonchev–Trinajstić information content (AvgIpc) is 3.17. The lowest BCUT2D eigenvalue weighted by molar-refractivity contribution is -0.123. The lowest BCUT2D eigenvalue weighted by atomic mass is 9.98. The molecule has 154 valence electrons. The first-order valence-corrected chi connectivity index (χ1v) is 10.1. The molecule has 2 amide bonds. The lowest BCUT2D eigenvalue weighted by Gasteiger charge is -2.32. The van der Waals surface area contributed by atoms with Gasteiger partial charge in [0.1, 0.15) is 11.4 Å². The SMILES string of the molecule is CC(C)(C)OC(=O)N1CCCC(C(=O)N=c2nc3ccccc3c3n2CCN3)C1. The summed E-state index contributed by atoms with van der Waals surface area (Å²) in [5.41, 5.74) is 0.666. The number of nitrogens with zero attached hydrogens (tertiary/aromatic N) is 4. The third-order valence-electron chi connectivity index (χ3n) is 5.15. The van der Waals surface area contributed by atoms with Crippen LogP contribution in [-0.4, -0.2) is 51.7 Å². The Bertz CT molecular complexity index is 1020. The van der Waals surface area contributed by atoms with Crippen LogP contribution in [0.15, 0.2) is 29.3 Å². The molecule has 0 spiro atoms. The summed E-state index contributed by atoms with van der Waals surface area (Å²) in [6, 6.07) is 7.83. The van der Waals surface area contributed by atoms with Crippen LogP contribution in [0.4, 0.5) is 10.6 Å². The summed E-state index contributed by atoms with van der Waals surface area (Å²) in [6.07, 6.45) is 1.09. The summed E-state index contributed by atoms with van der Waals surface area (Å²) in [5, 5.41) is 4.38. The molecule has 4 rings (SSSR count). The first-order valence-electron chi connectivity index (χ1n) is 10.1. The number of nitrogens with one attached hydrogen (secondary N) is 1. The number of aromatic nitrogens is 2. The summed E-state index contributed by atoms with van der Waals surface area (Å²) in [6.45, 7) is 7.94. The van der Waals surface area contributed by atoms with Crippen LogP contribution < -0.4 is 10.9 Å². The van der Waals surface area contributed by atoms with Gasteiger partial charge in [-0.15, -0.1) is 0 Å². The highest BCUT2D eigenvalue weighted by molar-refractivity contribution is 5.89. The fraction of sp³-hybridized carbons (Fsp3) is 0.524. The van der Waals surface area contributed by atoms with Crippen LogP contribution in [0.1, 0.15) is 33.6 Å². The Morgan fingerprint density at radius 1 is 1.24 bits per heavy atom. The minimum absolute atomic E-state index is 0.234. The zero-order valence-electron chi connectivity index (χ0n) is 17.1. The molecule has 8 heteroatoms. The number of fused-ring (bicyclic) bond motifs is 3. The van der Waals surface area contributed by atoms with Crippen molar-refractivity contribution in [2.24, 2.45) is 10.9 Å². The summed E-state index contributed by atoms with van der Waals surface area (Å²) >= 11 is 0. The molecule has 1 N–H and O–H groups in total. The van der Waals surface area contributed by atoms with Crippen LogP contribution in [0.3, 0.4) is 0 Å². The summed E-state index contributed by atoms with van der Waals surface area (Å²) in [4.78, 5) is 35.9. The third kappa shape index (κ3) is 4.11. The van der Waals surface area contributed by atoms with E-state index in [4.69, 9.17) is 4.74 Å². The molecule has 0 bridgehead atoms. The zero-order chi connectivity index (χ0) is 20.6. The van der Waals surface area contributed by atoms with Crippen LogP contribution in [0, 0.1) is 5.92 Å². The summed E-state index contributed by atoms with van der Waals surface area (Å²) < 4.78 is 7.41. The summed E-state index contributed by atoms with van der Waals surface area (Å²) in [7, 11) is 0. The first kappa shape index (κ1) is 19.4. The molecule has 1 saturated heterocycles. The highest BCUT2D eigenvalue weighted by atomic mass is 16.6. The van der Waals surface area contributed by atoms with Crippen molar-refractivity contribution in [2.45, 2.75) is 45.8 Å². The Kier molecular flexibility index (Phi) is 5.02. The average molecular weight is 397 g/mol. The predicted molar refractivity (Wildman–Crippen MR) is 109 cm³/mol. The maximum atomic E-state index is 12.9. The van der Waals surface area contributed by atoms with Gasteiger partial charge < -0.3 is 15.0 Å². The number of para-hydroxylation sites is 1. The van der Waals surface area contributed by atoms with E-state index in [0.717, 1.165) is 29.7 Å². The topological polar surface area (TPSA) is 88.8 Å². The van der Waals surface area contributed by atoms with Gasteiger partial charge in [-0.2, -0.15) is 4.99 Å². The van der Waals surface area contributed by atoms with Crippen molar-refractivity contribution in [2.75, 3.05) is 25.0 Å². The van der Waals surface area contributed by atoms with Crippen molar-refractivity contribution in [3.63, 3.8) is 0 Å². The third-order valence-corrected chi connectivity index (χ3v) is 5.15. The van der Waals surface area contributed by atoms with E-state index in [0.29, 0.717) is 31.7 Å². The molecule has 29 heavy (non-hydrogen) atoms. The Hall–Kier alpha value is -2.90. The normalized spacial score (nSPS) is 19.8. The Labute approximate surface area is 169 Å². The van der Waals surface area contributed by atoms with Gasteiger partial charge >= 0.3 is 6.09 Å². The van der Waals surface area contributed by atoms with Crippen LogP contribution in [0.2, 0.25) is 0 Å². The van der Waals surface area contributed by atoms with Gasteiger partial charge in [-0.25, -0.2) is 9.78 Å². The lowest BCUT2D eigenvalue weighted by Crippen LogP contribution is -2.44. The fourth-order valence-corrected chi connectivity index (χ4v) is 3.82. The van der Waals surface area contributed by atoms with Crippen LogP contribution >= 0.6 is 0 Å². The number of likely N-dealkylation sites (tertiary alicyclic amines) is 1. The van der Waals surface area contributed by atoms with Crippen LogP contribution in [0.25, 0.3) is 10.9 Å². The molecular weight excluding hydrogens is 370 g/mol. The van der Waals surface area contributed by atoms with E-state index in [-0.39, 0.29) is 17.9 Å². The number of carbonyl (C=O) groups is 2. The van der Waals surface area contributed by atoms with Crippen molar-refractivity contribution in [3.8, 4) is 0 Å². The van der Waals surface area contributed by atoms with Gasteiger partial charge in [-0.3, -0.25) is 9.36 Å². The van der Waals surface area contributed by atoms with Gasteiger partial charge in [0.25, 0.3) is 5.91 Å². The van der Waals surface area contributed by atoms with E-state index in [2.05, 4.69) is 15.3 Å². The molecule has 0 saturated carbocycles. The largest absolute Gasteiger partial charge is 0.444 e. The van der Waals surface area contributed by atoms with E-state index in [1.54, 1.807) is 4.90 Å². The Morgan fingerprint density at radius 3 is 2.83 bits per heavy atom. The molecule has 3 heterocycles. The van der Waals surface area contributed by atoms with E-state index in [9.17, 15) is 9.59 Å². The molecule has 0 aliphatic carbocycles. The summed E-state index contributed by atoms with van der Waals surface area (Å²) in [5.74, 6) is 0.374.